The van der Waals surface area contributed by atoms with Crippen LogP contribution in [0.5, 0.6) is 0 Å². The molecule has 2 N–H and O–H groups in total. The molecule has 0 aromatic heterocycles. The quantitative estimate of drug-likeness (QED) is 0.150. The SMILES string of the molecule is CC(C)(O)C(C)(C)OB(O)c1cc(N(c2ccccc2-c2ccccc2)c2ccccc2-c2ccccc2)ccc1-c1ccccc1. The molecule has 0 amide bonds. The van der Waals surface area contributed by atoms with E-state index in [1.807, 2.05) is 54.6 Å². The predicted octanol–water partition coefficient (Wildman–Crippen LogP) is 9.41. The van der Waals surface area contributed by atoms with Crippen molar-refractivity contribution in [2.24, 2.45) is 0 Å². The average molecular weight is 618 g/mol. The van der Waals surface area contributed by atoms with Gasteiger partial charge in [0.15, 0.2) is 0 Å². The van der Waals surface area contributed by atoms with Crippen LogP contribution in [0.3, 0.4) is 0 Å². The van der Waals surface area contributed by atoms with Gasteiger partial charge < -0.3 is 19.7 Å². The van der Waals surface area contributed by atoms with E-state index in [1.54, 1.807) is 27.7 Å². The molecule has 0 radical (unpaired) electrons. The molecule has 0 aliphatic rings. The Morgan fingerprint density at radius 3 is 1.36 bits per heavy atom. The molecule has 47 heavy (non-hydrogen) atoms. The lowest BCUT2D eigenvalue weighted by molar-refractivity contribution is -0.0982. The number of aliphatic hydroxyl groups is 1. The summed E-state index contributed by atoms with van der Waals surface area (Å²) in [6.45, 7) is 6.97. The maximum absolute atomic E-state index is 11.8. The lowest BCUT2D eigenvalue weighted by Crippen LogP contribution is -2.53. The normalized spacial score (nSPS) is 11.7. The largest absolute Gasteiger partial charge is 0.492 e. The molecule has 4 nitrogen and oxygen atoms in total. The highest BCUT2D eigenvalue weighted by Crippen LogP contribution is 2.44. The third-order valence-electron chi connectivity index (χ3n) is 8.98. The maximum Gasteiger partial charge on any atom is 0.492 e. The van der Waals surface area contributed by atoms with E-state index in [9.17, 15) is 10.1 Å². The molecule has 0 bridgehead atoms. The van der Waals surface area contributed by atoms with E-state index in [0.29, 0.717) is 5.46 Å². The smallest absolute Gasteiger partial charge is 0.423 e. The first-order valence-electron chi connectivity index (χ1n) is 16.0. The van der Waals surface area contributed by atoms with Gasteiger partial charge in [-0.1, -0.05) is 133 Å². The molecule has 0 atom stereocenters. The number of anilines is 3. The second kappa shape index (κ2) is 13.4. The average Bonchev–Trinajstić information content (AvgIpc) is 3.09. The molecule has 0 saturated carbocycles. The van der Waals surface area contributed by atoms with Crippen molar-refractivity contribution in [1.82, 2.24) is 0 Å². The fourth-order valence-electron chi connectivity index (χ4n) is 5.73. The minimum absolute atomic E-state index is 0.602. The van der Waals surface area contributed by atoms with Crippen LogP contribution in [0.1, 0.15) is 27.7 Å². The second-order valence-electron chi connectivity index (χ2n) is 12.8. The first kappa shape index (κ1) is 32.0. The van der Waals surface area contributed by atoms with Gasteiger partial charge in [0.25, 0.3) is 0 Å². The zero-order valence-corrected chi connectivity index (χ0v) is 27.3. The van der Waals surface area contributed by atoms with E-state index in [-0.39, 0.29) is 0 Å². The highest BCUT2D eigenvalue weighted by atomic mass is 16.5. The molecule has 6 aromatic carbocycles. The molecular weight excluding hydrogens is 577 g/mol. The summed E-state index contributed by atoms with van der Waals surface area (Å²) in [7, 11) is -1.32. The van der Waals surface area contributed by atoms with Crippen LogP contribution in [0.25, 0.3) is 33.4 Å². The van der Waals surface area contributed by atoms with Gasteiger partial charge in [-0.3, -0.25) is 0 Å². The number of nitrogens with zero attached hydrogens (tertiary/aromatic N) is 1. The molecule has 6 rings (SSSR count). The summed E-state index contributed by atoms with van der Waals surface area (Å²) in [4.78, 5) is 2.26. The fraction of sp³-hybridized carbons (Fsp3) is 0.143. The van der Waals surface area contributed by atoms with E-state index in [0.717, 1.165) is 50.4 Å². The molecule has 0 heterocycles. The standard InChI is InChI=1S/C42H40BNO3/c1-41(2,45)42(3,4)47-43(46)38-30-34(28-29-35(38)31-18-8-5-9-19-31)44(39-26-16-14-24-36(39)32-20-10-6-11-21-32)40-27-17-15-25-37(40)33-22-12-7-13-23-33/h5-30,45-46H,1-4H3. The minimum Gasteiger partial charge on any atom is -0.423 e. The third-order valence-corrected chi connectivity index (χ3v) is 8.98. The Bertz CT molecular complexity index is 1850. The highest BCUT2D eigenvalue weighted by molar-refractivity contribution is 6.62. The fourth-order valence-corrected chi connectivity index (χ4v) is 5.73. The van der Waals surface area contributed by atoms with Gasteiger partial charge in [0, 0.05) is 16.8 Å². The lowest BCUT2D eigenvalue weighted by Gasteiger charge is -2.38. The van der Waals surface area contributed by atoms with Crippen LogP contribution in [0.2, 0.25) is 0 Å². The summed E-state index contributed by atoms with van der Waals surface area (Å²) >= 11 is 0. The van der Waals surface area contributed by atoms with Gasteiger partial charge in [-0.25, -0.2) is 0 Å². The van der Waals surface area contributed by atoms with Crippen LogP contribution in [0, 0.1) is 0 Å². The Morgan fingerprint density at radius 1 is 0.511 bits per heavy atom. The van der Waals surface area contributed by atoms with Gasteiger partial charge in [-0.05, 0) is 79.7 Å². The lowest BCUT2D eigenvalue weighted by atomic mass is 9.72. The Hall–Kier alpha value is -4.94. The summed E-state index contributed by atoms with van der Waals surface area (Å²) in [5, 5.41) is 22.7. The second-order valence-corrected chi connectivity index (χ2v) is 12.8. The van der Waals surface area contributed by atoms with Gasteiger partial charge in [0.1, 0.15) is 0 Å². The predicted molar refractivity (Wildman–Crippen MR) is 197 cm³/mol. The van der Waals surface area contributed by atoms with Crippen molar-refractivity contribution < 1.29 is 14.8 Å². The van der Waals surface area contributed by atoms with Gasteiger partial charge in [-0.2, -0.15) is 0 Å². The molecule has 5 heteroatoms. The number of rotatable bonds is 10. The van der Waals surface area contributed by atoms with Crippen molar-refractivity contribution in [1.29, 1.82) is 0 Å². The molecule has 0 aliphatic carbocycles. The van der Waals surface area contributed by atoms with Crippen LogP contribution in [0.4, 0.5) is 17.1 Å². The van der Waals surface area contributed by atoms with Crippen molar-refractivity contribution in [3.05, 3.63) is 158 Å². The van der Waals surface area contributed by atoms with E-state index in [4.69, 9.17) is 4.65 Å². The molecular formula is C42H40BNO3. The van der Waals surface area contributed by atoms with E-state index >= 15 is 0 Å². The zero-order valence-electron chi connectivity index (χ0n) is 27.3. The van der Waals surface area contributed by atoms with Crippen molar-refractivity contribution >= 4 is 29.6 Å². The van der Waals surface area contributed by atoms with E-state index in [2.05, 4.69) is 108 Å². The summed E-state index contributed by atoms with van der Waals surface area (Å²) in [5.41, 5.74) is 7.35. The summed E-state index contributed by atoms with van der Waals surface area (Å²) in [5.74, 6) is 0. The molecule has 0 aliphatic heterocycles. The van der Waals surface area contributed by atoms with E-state index < -0.39 is 18.3 Å². The summed E-state index contributed by atoms with van der Waals surface area (Å²) in [6.07, 6.45) is 0. The van der Waals surface area contributed by atoms with Gasteiger partial charge in [0.05, 0.1) is 22.6 Å². The number of benzene rings is 6. The molecule has 234 valence electrons. The summed E-state index contributed by atoms with van der Waals surface area (Å²) < 4.78 is 6.27. The Labute approximate surface area is 278 Å². The monoisotopic (exact) mass is 617 g/mol. The van der Waals surface area contributed by atoms with Gasteiger partial charge in [0.2, 0.25) is 0 Å². The molecule has 6 aromatic rings. The van der Waals surface area contributed by atoms with Crippen LogP contribution in [0.15, 0.2) is 158 Å². The highest BCUT2D eigenvalue weighted by Gasteiger charge is 2.40. The van der Waals surface area contributed by atoms with Crippen molar-refractivity contribution in [3.8, 4) is 33.4 Å². The van der Waals surface area contributed by atoms with Gasteiger partial charge >= 0.3 is 7.12 Å². The first-order valence-corrected chi connectivity index (χ1v) is 16.0. The number of para-hydroxylation sites is 2. The Balaban J connectivity index is 1.61. The number of hydrogen-bond acceptors (Lipinski definition) is 4. The van der Waals surface area contributed by atoms with Crippen LogP contribution in [-0.4, -0.2) is 28.5 Å². The van der Waals surface area contributed by atoms with Gasteiger partial charge in [-0.15, -0.1) is 0 Å². The van der Waals surface area contributed by atoms with Crippen molar-refractivity contribution in [3.63, 3.8) is 0 Å². The minimum atomic E-state index is -1.32. The van der Waals surface area contributed by atoms with Crippen LogP contribution >= 0.6 is 0 Å². The Morgan fingerprint density at radius 2 is 0.915 bits per heavy atom. The van der Waals surface area contributed by atoms with Crippen molar-refractivity contribution in [2.45, 2.75) is 38.9 Å². The van der Waals surface area contributed by atoms with Crippen LogP contribution < -0.4 is 10.4 Å². The topological polar surface area (TPSA) is 52.9 Å². The third kappa shape index (κ3) is 6.79. The Kier molecular flexibility index (Phi) is 9.15. The molecule has 0 fully saturated rings. The van der Waals surface area contributed by atoms with E-state index in [1.165, 1.54) is 0 Å². The first-order chi connectivity index (χ1) is 22.6. The number of hydrogen-bond donors (Lipinski definition) is 2. The molecule has 0 saturated heterocycles. The molecule has 0 spiro atoms. The molecule has 0 unspecified atom stereocenters. The van der Waals surface area contributed by atoms with Crippen molar-refractivity contribution in [2.75, 3.05) is 4.90 Å². The maximum atomic E-state index is 11.8. The zero-order chi connectivity index (χ0) is 33.0. The summed E-state index contributed by atoms with van der Waals surface area (Å²) in [6, 6.07) is 53.7. The van der Waals surface area contributed by atoms with Crippen LogP contribution in [-0.2, 0) is 4.65 Å².